The van der Waals surface area contributed by atoms with E-state index in [1.807, 2.05) is 6.92 Å². The first-order chi connectivity index (χ1) is 12.9. The lowest BCUT2D eigenvalue weighted by molar-refractivity contribution is -0.124. The number of nitrogens with zero attached hydrogens (tertiary/aromatic N) is 3. The third-order valence-electron chi connectivity index (χ3n) is 4.69. The number of hydrogen-bond donors (Lipinski definition) is 6. The van der Waals surface area contributed by atoms with Crippen LogP contribution in [0.1, 0.15) is 26.0 Å². The lowest BCUT2D eigenvalue weighted by Gasteiger charge is -2.22. The van der Waals surface area contributed by atoms with E-state index in [4.69, 9.17) is 16.2 Å². The number of carbonyl (C=O) groups is 1. The number of fused-ring (bicyclic) bond motifs is 1. The van der Waals surface area contributed by atoms with Gasteiger partial charge in [-0.15, -0.1) is 0 Å². The Labute approximate surface area is 155 Å². The van der Waals surface area contributed by atoms with E-state index in [2.05, 4.69) is 15.3 Å². The monoisotopic (exact) mass is 380 g/mol. The highest BCUT2D eigenvalue weighted by molar-refractivity contribution is 5.92. The summed E-state index contributed by atoms with van der Waals surface area (Å²) in [5, 5.41) is 33.4. The summed E-state index contributed by atoms with van der Waals surface area (Å²) in [6.07, 6.45) is 0.682. The van der Waals surface area contributed by atoms with Crippen LogP contribution in [0.4, 0.5) is 5.82 Å². The average molecular weight is 380 g/mol. The minimum Gasteiger partial charge on any atom is -0.505 e. The van der Waals surface area contributed by atoms with Gasteiger partial charge in [0.15, 0.2) is 11.9 Å². The number of ether oxygens (including phenoxy) is 1. The van der Waals surface area contributed by atoms with Crippen molar-refractivity contribution >= 4 is 22.8 Å². The third kappa shape index (κ3) is 3.41. The smallest absolute Gasteiger partial charge is 0.237 e. The zero-order valence-corrected chi connectivity index (χ0v) is 14.8. The molecule has 2 aromatic rings. The summed E-state index contributed by atoms with van der Waals surface area (Å²) in [7, 11) is 0. The second kappa shape index (κ2) is 7.64. The van der Waals surface area contributed by atoms with Gasteiger partial charge in [0.25, 0.3) is 0 Å². The van der Waals surface area contributed by atoms with Gasteiger partial charge in [0, 0.05) is 0 Å². The van der Waals surface area contributed by atoms with Gasteiger partial charge in [0.2, 0.25) is 5.91 Å². The van der Waals surface area contributed by atoms with Crippen LogP contribution in [-0.4, -0.2) is 66.7 Å². The van der Waals surface area contributed by atoms with Gasteiger partial charge in [-0.2, -0.15) is 0 Å². The molecule has 5 atom stereocenters. The van der Waals surface area contributed by atoms with Crippen molar-refractivity contribution in [1.82, 2.24) is 19.9 Å². The topological polar surface area (TPSA) is 182 Å². The Morgan fingerprint density at radius 1 is 1.48 bits per heavy atom. The Hall–Kier alpha value is -2.47. The minimum atomic E-state index is -1.22. The number of aromatic hydroxyl groups is 1. The summed E-state index contributed by atoms with van der Waals surface area (Å²) >= 11 is 0. The van der Waals surface area contributed by atoms with Crippen LogP contribution in [0.25, 0.3) is 11.0 Å². The number of carbonyl (C=O) groups excluding carboxylic acids is 1. The number of aliphatic hydroxyl groups excluding tert-OH is 2. The predicted octanol–water partition coefficient (Wildman–Crippen LogP) is -1.42. The van der Waals surface area contributed by atoms with E-state index in [9.17, 15) is 20.1 Å². The SMILES string of the molecule is CCCC(N)C(=O)NC1[C@@H](CO)O[C@@H](n2cc(O)c3c(N)ncnc32)[C@H]1O. The number of nitrogens with two attached hydrogens (primary N) is 2. The Morgan fingerprint density at radius 3 is 2.89 bits per heavy atom. The highest BCUT2D eigenvalue weighted by Crippen LogP contribution is 2.36. The molecule has 0 bridgehead atoms. The van der Waals surface area contributed by atoms with Gasteiger partial charge in [-0.3, -0.25) is 9.36 Å². The number of amides is 1. The normalized spacial score (nSPS) is 26.4. The molecular formula is C16H24N6O5. The minimum absolute atomic E-state index is 0.0813. The number of aromatic nitrogens is 3. The maximum atomic E-state index is 12.2. The van der Waals surface area contributed by atoms with Crippen molar-refractivity contribution < 1.29 is 24.9 Å². The largest absolute Gasteiger partial charge is 0.505 e. The molecule has 3 heterocycles. The first-order valence-corrected chi connectivity index (χ1v) is 8.69. The van der Waals surface area contributed by atoms with E-state index in [1.54, 1.807) is 0 Å². The van der Waals surface area contributed by atoms with Crippen LogP contribution in [-0.2, 0) is 9.53 Å². The maximum absolute atomic E-state index is 12.2. The number of nitrogen functional groups attached to an aromatic ring is 1. The van der Waals surface area contributed by atoms with E-state index in [0.29, 0.717) is 6.42 Å². The molecular weight excluding hydrogens is 356 g/mol. The molecule has 1 aliphatic rings. The van der Waals surface area contributed by atoms with Gasteiger partial charge in [-0.1, -0.05) is 13.3 Å². The number of hydrogen-bond acceptors (Lipinski definition) is 9. The lowest BCUT2D eigenvalue weighted by Crippen LogP contribution is -2.53. The second-order valence-corrected chi connectivity index (χ2v) is 6.55. The number of aliphatic hydroxyl groups is 2. The zero-order chi connectivity index (χ0) is 19.7. The highest BCUT2D eigenvalue weighted by Gasteiger charge is 2.46. The fourth-order valence-corrected chi connectivity index (χ4v) is 3.30. The van der Waals surface area contributed by atoms with Crippen molar-refractivity contribution in [1.29, 1.82) is 0 Å². The molecule has 11 nitrogen and oxygen atoms in total. The van der Waals surface area contributed by atoms with Gasteiger partial charge >= 0.3 is 0 Å². The van der Waals surface area contributed by atoms with Gasteiger partial charge < -0.3 is 36.8 Å². The summed E-state index contributed by atoms with van der Waals surface area (Å²) in [6, 6.07) is -1.60. The molecule has 2 unspecified atom stereocenters. The van der Waals surface area contributed by atoms with Crippen LogP contribution in [0.2, 0.25) is 0 Å². The van der Waals surface area contributed by atoms with Crippen molar-refractivity contribution in [2.24, 2.45) is 5.73 Å². The van der Waals surface area contributed by atoms with E-state index in [-0.39, 0.29) is 22.6 Å². The summed E-state index contributed by atoms with van der Waals surface area (Å²) in [4.78, 5) is 20.1. The van der Waals surface area contributed by atoms with Crippen LogP contribution in [0.5, 0.6) is 5.75 Å². The first kappa shape index (κ1) is 19.3. The van der Waals surface area contributed by atoms with Crippen LogP contribution in [0.3, 0.4) is 0 Å². The van der Waals surface area contributed by atoms with Crippen molar-refractivity contribution in [3.8, 4) is 5.75 Å². The van der Waals surface area contributed by atoms with Gasteiger partial charge in [0.1, 0.15) is 35.5 Å². The fraction of sp³-hybridized carbons (Fsp3) is 0.562. The van der Waals surface area contributed by atoms with Gasteiger partial charge in [0.05, 0.1) is 24.9 Å². The second-order valence-electron chi connectivity index (χ2n) is 6.55. The molecule has 2 aromatic heterocycles. The Bertz CT molecular complexity index is 827. The molecule has 0 aliphatic carbocycles. The number of anilines is 1. The molecule has 0 radical (unpaired) electrons. The summed E-state index contributed by atoms with van der Waals surface area (Å²) in [5.74, 6) is -0.523. The average Bonchev–Trinajstić information content (AvgIpc) is 3.13. The molecule has 1 fully saturated rings. The Morgan fingerprint density at radius 2 is 2.22 bits per heavy atom. The van der Waals surface area contributed by atoms with E-state index in [0.717, 1.165) is 6.42 Å². The van der Waals surface area contributed by atoms with Crippen molar-refractivity contribution in [2.75, 3.05) is 12.3 Å². The standard InChI is InChI=1S/C16H24N6O5/c1-2-3-7(17)15(26)21-11-9(5-23)27-16(12(11)25)22-4-8(24)10-13(18)19-6-20-14(10)22/h4,6-7,9,11-12,16,23-25H,2-3,5,17H2,1H3,(H,21,26)(H2,18,19,20)/t7?,9-,11?,12+,16-/m1/s1. The van der Waals surface area contributed by atoms with Crippen LogP contribution in [0, 0.1) is 0 Å². The molecule has 1 aliphatic heterocycles. The Balaban J connectivity index is 1.89. The zero-order valence-electron chi connectivity index (χ0n) is 14.8. The van der Waals surface area contributed by atoms with Gasteiger partial charge in [-0.05, 0) is 6.42 Å². The quantitative estimate of drug-likeness (QED) is 0.350. The molecule has 148 valence electrons. The molecule has 11 heteroatoms. The molecule has 0 aromatic carbocycles. The summed E-state index contributed by atoms with van der Waals surface area (Å²) < 4.78 is 7.12. The first-order valence-electron chi connectivity index (χ1n) is 8.69. The molecule has 8 N–H and O–H groups in total. The lowest BCUT2D eigenvalue weighted by atomic mass is 10.1. The van der Waals surface area contributed by atoms with Crippen LogP contribution < -0.4 is 16.8 Å². The van der Waals surface area contributed by atoms with Crippen LogP contribution in [0.15, 0.2) is 12.5 Å². The summed E-state index contributed by atoms with van der Waals surface area (Å²) in [6.45, 7) is 1.48. The highest BCUT2D eigenvalue weighted by atomic mass is 16.5. The van der Waals surface area contributed by atoms with Crippen molar-refractivity contribution in [2.45, 2.75) is 50.3 Å². The molecule has 1 saturated heterocycles. The maximum Gasteiger partial charge on any atom is 0.237 e. The predicted molar refractivity (Wildman–Crippen MR) is 95.4 cm³/mol. The number of nitrogens with one attached hydrogen (secondary N) is 1. The third-order valence-corrected chi connectivity index (χ3v) is 4.69. The van der Waals surface area contributed by atoms with E-state index >= 15 is 0 Å². The van der Waals surface area contributed by atoms with Gasteiger partial charge in [-0.25, -0.2) is 9.97 Å². The van der Waals surface area contributed by atoms with Crippen molar-refractivity contribution in [3.05, 3.63) is 12.5 Å². The molecule has 1 amide bonds. The van der Waals surface area contributed by atoms with E-state index in [1.165, 1.54) is 17.1 Å². The fourth-order valence-electron chi connectivity index (χ4n) is 3.30. The van der Waals surface area contributed by atoms with Crippen LogP contribution >= 0.6 is 0 Å². The molecule has 0 saturated carbocycles. The Kier molecular flexibility index (Phi) is 5.46. The summed E-state index contributed by atoms with van der Waals surface area (Å²) in [5.41, 5.74) is 11.8. The van der Waals surface area contributed by atoms with E-state index < -0.39 is 43.0 Å². The molecule has 3 rings (SSSR count). The van der Waals surface area contributed by atoms with Crippen molar-refractivity contribution in [3.63, 3.8) is 0 Å². The number of rotatable bonds is 6. The molecule has 0 spiro atoms. The molecule has 27 heavy (non-hydrogen) atoms.